The molecule has 1 aliphatic heterocycles. The van der Waals surface area contributed by atoms with Crippen molar-refractivity contribution in [2.24, 2.45) is 0 Å². The molecule has 0 amide bonds. The van der Waals surface area contributed by atoms with E-state index >= 15 is 0 Å². The van der Waals surface area contributed by atoms with Gasteiger partial charge in [0.1, 0.15) is 6.04 Å². The first-order valence-corrected chi connectivity index (χ1v) is 8.57. The molecule has 2 aromatic heterocycles. The summed E-state index contributed by atoms with van der Waals surface area (Å²) in [5.41, 5.74) is 2.92. The minimum Gasteiger partial charge on any atom is -0.480 e. The molecule has 1 aliphatic rings. The predicted octanol–water partition coefficient (Wildman–Crippen LogP) is 3.37. The van der Waals surface area contributed by atoms with E-state index in [2.05, 4.69) is 41.7 Å². The first kappa shape index (κ1) is 16.8. The summed E-state index contributed by atoms with van der Waals surface area (Å²) in [5, 5.41) is 10.5. The van der Waals surface area contributed by atoms with Crippen LogP contribution in [0.25, 0.3) is 10.9 Å². The summed E-state index contributed by atoms with van der Waals surface area (Å²) in [4.78, 5) is 22.7. The number of hydrogen-bond acceptors (Lipinski definition) is 4. The molecule has 0 spiro atoms. The van der Waals surface area contributed by atoms with Crippen LogP contribution >= 0.6 is 0 Å². The molecule has 1 unspecified atom stereocenters. The third kappa shape index (κ3) is 3.41. The molecule has 0 aliphatic carbocycles. The average Bonchev–Trinajstić information content (AvgIpc) is 2.53. The van der Waals surface area contributed by atoms with Gasteiger partial charge in [-0.15, -0.1) is 0 Å². The molecule has 1 saturated heterocycles. The van der Waals surface area contributed by atoms with Crippen molar-refractivity contribution in [1.29, 1.82) is 0 Å². The summed E-state index contributed by atoms with van der Waals surface area (Å²) in [6.07, 6.45) is 6.48. The number of carboxylic acid groups (broad SMARTS) is 1. The Morgan fingerprint density at radius 3 is 2.83 bits per heavy atom. The molecule has 3 rings (SSSR count). The predicted molar refractivity (Wildman–Crippen MR) is 93.9 cm³/mol. The van der Waals surface area contributed by atoms with Gasteiger partial charge in [-0.3, -0.25) is 19.7 Å². The van der Waals surface area contributed by atoms with Crippen LogP contribution in [0.15, 0.2) is 24.5 Å². The second kappa shape index (κ2) is 6.48. The zero-order valence-corrected chi connectivity index (χ0v) is 14.6. The Morgan fingerprint density at radius 1 is 1.33 bits per heavy atom. The Morgan fingerprint density at radius 2 is 2.12 bits per heavy atom. The van der Waals surface area contributed by atoms with E-state index in [1.54, 1.807) is 0 Å². The van der Waals surface area contributed by atoms with Crippen LogP contribution in [0.4, 0.5) is 0 Å². The number of hydrogen-bond donors (Lipinski definition) is 1. The number of likely N-dealkylation sites (tertiary alicyclic amines) is 1. The van der Waals surface area contributed by atoms with Gasteiger partial charge >= 0.3 is 5.97 Å². The van der Waals surface area contributed by atoms with Crippen LogP contribution < -0.4 is 0 Å². The molecular weight excluding hydrogens is 302 g/mol. The number of nitrogens with zero attached hydrogens (tertiary/aromatic N) is 3. The molecular formula is C19H25N3O2. The monoisotopic (exact) mass is 327 g/mol. The number of piperidine rings is 1. The van der Waals surface area contributed by atoms with Crippen LogP contribution in [-0.4, -0.2) is 38.5 Å². The van der Waals surface area contributed by atoms with Gasteiger partial charge in [-0.25, -0.2) is 0 Å². The molecule has 0 bridgehead atoms. The minimum absolute atomic E-state index is 0.0602. The topological polar surface area (TPSA) is 66.3 Å². The lowest BCUT2D eigenvalue weighted by atomic mass is 9.90. The molecule has 0 aromatic carbocycles. The number of carbonyl (C=O) groups is 1. The number of carboxylic acids is 1. The first-order valence-electron chi connectivity index (χ1n) is 8.57. The highest BCUT2D eigenvalue weighted by molar-refractivity contribution is 5.81. The Bertz CT molecular complexity index is 752. The fourth-order valence-electron chi connectivity index (χ4n) is 3.44. The Kier molecular flexibility index (Phi) is 4.54. The van der Waals surface area contributed by atoms with E-state index in [0.29, 0.717) is 6.54 Å². The van der Waals surface area contributed by atoms with Gasteiger partial charge in [0.25, 0.3) is 0 Å². The Balaban J connectivity index is 1.90. The second-order valence-corrected chi connectivity index (χ2v) is 7.65. The van der Waals surface area contributed by atoms with Crippen LogP contribution in [0, 0.1) is 0 Å². The zero-order chi connectivity index (χ0) is 17.3. The van der Waals surface area contributed by atoms with Gasteiger partial charge in [0.15, 0.2) is 0 Å². The number of aromatic nitrogens is 2. The Labute approximate surface area is 142 Å². The first-order chi connectivity index (χ1) is 11.4. The van der Waals surface area contributed by atoms with Gasteiger partial charge in [0.2, 0.25) is 0 Å². The smallest absolute Gasteiger partial charge is 0.320 e. The van der Waals surface area contributed by atoms with Crippen LogP contribution in [-0.2, 0) is 16.8 Å². The summed E-state index contributed by atoms with van der Waals surface area (Å²) in [7, 11) is 0. The number of pyridine rings is 2. The van der Waals surface area contributed by atoms with Crippen LogP contribution in [0.3, 0.4) is 0 Å². The molecule has 5 heteroatoms. The maximum absolute atomic E-state index is 11.5. The number of fused-ring (bicyclic) bond motifs is 1. The zero-order valence-electron chi connectivity index (χ0n) is 14.6. The van der Waals surface area contributed by atoms with Crippen molar-refractivity contribution in [3.63, 3.8) is 0 Å². The van der Waals surface area contributed by atoms with E-state index in [4.69, 9.17) is 0 Å². The fraction of sp³-hybridized carbons (Fsp3) is 0.526. The average molecular weight is 327 g/mol. The van der Waals surface area contributed by atoms with Crippen molar-refractivity contribution in [3.05, 3.63) is 35.8 Å². The molecule has 5 nitrogen and oxygen atoms in total. The second-order valence-electron chi connectivity index (χ2n) is 7.65. The lowest BCUT2D eigenvalue weighted by Gasteiger charge is -2.32. The molecule has 1 atom stereocenters. The van der Waals surface area contributed by atoms with E-state index in [0.717, 1.165) is 48.0 Å². The van der Waals surface area contributed by atoms with Crippen molar-refractivity contribution in [2.45, 2.75) is 58.0 Å². The maximum atomic E-state index is 11.5. The van der Waals surface area contributed by atoms with Gasteiger partial charge in [-0.2, -0.15) is 0 Å². The van der Waals surface area contributed by atoms with Crippen molar-refractivity contribution in [2.75, 3.05) is 6.54 Å². The molecule has 24 heavy (non-hydrogen) atoms. The highest BCUT2D eigenvalue weighted by Gasteiger charge is 2.28. The van der Waals surface area contributed by atoms with Crippen LogP contribution in [0.5, 0.6) is 0 Å². The summed E-state index contributed by atoms with van der Waals surface area (Å²) < 4.78 is 0. The summed E-state index contributed by atoms with van der Waals surface area (Å²) in [5.74, 6) is -0.720. The summed E-state index contributed by atoms with van der Waals surface area (Å²) in [6.45, 7) is 7.87. The van der Waals surface area contributed by atoms with Crippen LogP contribution in [0.1, 0.15) is 51.3 Å². The number of rotatable bonds is 3. The normalized spacial score (nSPS) is 19.5. The van der Waals surface area contributed by atoms with Crippen molar-refractivity contribution >= 4 is 16.9 Å². The molecule has 0 saturated carbocycles. The van der Waals surface area contributed by atoms with Gasteiger partial charge in [-0.1, -0.05) is 27.2 Å². The maximum Gasteiger partial charge on any atom is 0.320 e. The molecule has 3 heterocycles. The van der Waals surface area contributed by atoms with Gasteiger partial charge in [-0.05, 0) is 37.1 Å². The summed E-state index contributed by atoms with van der Waals surface area (Å²) in [6, 6.07) is 3.72. The number of aliphatic carboxylic acids is 1. The quantitative estimate of drug-likeness (QED) is 0.936. The molecule has 2 aromatic rings. The molecule has 1 N–H and O–H groups in total. The largest absolute Gasteiger partial charge is 0.480 e. The van der Waals surface area contributed by atoms with Crippen molar-refractivity contribution < 1.29 is 9.90 Å². The van der Waals surface area contributed by atoms with Crippen molar-refractivity contribution in [1.82, 2.24) is 14.9 Å². The van der Waals surface area contributed by atoms with Gasteiger partial charge in [0.05, 0.1) is 11.2 Å². The highest BCUT2D eigenvalue weighted by atomic mass is 16.4. The van der Waals surface area contributed by atoms with E-state index in [-0.39, 0.29) is 11.5 Å². The Hall–Kier alpha value is -2.01. The minimum atomic E-state index is -0.720. The third-order valence-corrected chi connectivity index (χ3v) is 4.65. The van der Waals surface area contributed by atoms with E-state index in [1.165, 1.54) is 0 Å². The van der Waals surface area contributed by atoms with E-state index in [1.807, 2.05) is 18.5 Å². The SMILES string of the molecule is CC(C)(C)c1nccc2cc(CN3CCCCC3C(=O)O)cnc12. The third-order valence-electron chi connectivity index (χ3n) is 4.65. The molecule has 128 valence electrons. The van der Waals surface area contributed by atoms with Crippen LogP contribution in [0.2, 0.25) is 0 Å². The van der Waals surface area contributed by atoms with Gasteiger partial charge in [0, 0.05) is 29.7 Å². The fourth-order valence-corrected chi connectivity index (χ4v) is 3.44. The van der Waals surface area contributed by atoms with E-state index in [9.17, 15) is 9.90 Å². The molecule has 0 radical (unpaired) electrons. The lowest BCUT2D eigenvalue weighted by molar-refractivity contribution is -0.144. The lowest BCUT2D eigenvalue weighted by Crippen LogP contribution is -2.44. The highest BCUT2D eigenvalue weighted by Crippen LogP contribution is 2.27. The standard InChI is InChI=1S/C19H25N3O2/c1-19(2,3)17-16-14(7-8-20-17)10-13(11-21-16)12-22-9-5-4-6-15(22)18(23)24/h7-8,10-11,15H,4-6,9,12H2,1-3H3,(H,23,24). The van der Waals surface area contributed by atoms with Gasteiger partial charge < -0.3 is 5.11 Å². The van der Waals surface area contributed by atoms with Crippen molar-refractivity contribution in [3.8, 4) is 0 Å². The summed E-state index contributed by atoms with van der Waals surface area (Å²) >= 11 is 0. The molecule has 1 fully saturated rings. The van der Waals surface area contributed by atoms with E-state index < -0.39 is 5.97 Å².